The zero-order valence-corrected chi connectivity index (χ0v) is 15.4. The highest BCUT2D eigenvalue weighted by Gasteiger charge is 2.13. The van der Waals surface area contributed by atoms with Gasteiger partial charge in [-0.05, 0) is 47.7 Å². The molecule has 0 fully saturated rings. The number of rotatable bonds is 5. The van der Waals surface area contributed by atoms with Crippen LogP contribution in [-0.4, -0.2) is 6.03 Å². The average molecular weight is 375 g/mol. The zero-order valence-electron chi connectivity index (χ0n) is 13.8. The van der Waals surface area contributed by atoms with E-state index >= 15 is 0 Å². The summed E-state index contributed by atoms with van der Waals surface area (Å²) in [6, 6.07) is 15.8. The minimum atomic E-state index is -0.188. The van der Waals surface area contributed by atoms with Gasteiger partial charge in [-0.3, -0.25) is 0 Å². The Labute approximate surface area is 146 Å². The highest BCUT2D eigenvalue weighted by molar-refractivity contribution is 9.10. The van der Waals surface area contributed by atoms with Crippen molar-refractivity contribution in [3.8, 4) is 0 Å². The minimum Gasteiger partial charge on any atom is -0.331 e. The quantitative estimate of drug-likeness (QED) is 0.677. The number of carbonyl (C=O) groups is 1. The molecular weight excluding hydrogens is 352 g/mol. The molecule has 2 rings (SSSR count). The Balaban J connectivity index is 2.00. The van der Waals surface area contributed by atoms with E-state index in [0.717, 1.165) is 22.1 Å². The predicted molar refractivity (Wildman–Crippen MR) is 99.9 cm³/mol. The van der Waals surface area contributed by atoms with Crippen molar-refractivity contribution >= 4 is 27.6 Å². The summed E-state index contributed by atoms with van der Waals surface area (Å²) in [7, 11) is 0. The summed E-state index contributed by atoms with van der Waals surface area (Å²) < 4.78 is 0.986. The lowest BCUT2D eigenvalue weighted by Gasteiger charge is -2.19. The summed E-state index contributed by atoms with van der Waals surface area (Å²) in [5.41, 5.74) is 3.21. The lowest BCUT2D eigenvalue weighted by atomic mass is 9.98. The topological polar surface area (TPSA) is 41.1 Å². The molecule has 2 aromatic carbocycles. The number of hydrogen-bond donors (Lipinski definition) is 2. The van der Waals surface area contributed by atoms with Crippen LogP contribution < -0.4 is 10.6 Å². The number of carbonyl (C=O) groups excluding carboxylic acids is 1. The molecule has 23 heavy (non-hydrogen) atoms. The third kappa shape index (κ3) is 5.10. The van der Waals surface area contributed by atoms with Crippen molar-refractivity contribution in [2.75, 3.05) is 5.32 Å². The normalized spacial score (nSPS) is 12.0. The van der Waals surface area contributed by atoms with Crippen LogP contribution in [0.15, 0.2) is 53.0 Å². The van der Waals surface area contributed by atoms with Gasteiger partial charge in [0.1, 0.15) is 0 Å². The summed E-state index contributed by atoms with van der Waals surface area (Å²) in [5, 5.41) is 5.90. The van der Waals surface area contributed by atoms with Crippen LogP contribution in [0.2, 0.25) is 0 Å². The van der Waals surface area contributed by atoms with Crippen LogP contribution in [0.5, 0.6) is 0 Å². The second-order valence-electron chi connectivity index (χ2n) is 5.89. The summed E-state index contributed by atoms with van der Waals surface area (Å²) >= 11 is 3.38. The summed E-state index contributed by atoms with van der Waals surface area (Å²) in [4.78, 5) is 12.2. The first-order valence-corrected chi connectivity index (χ1v) is 8.71. The van der Waals surface area contributed by atoms with Crippen molar-refractivity contribution in [2.45, 2.75) is 39.2 Å². The molecule has 0 heterocycles. The molecule has 1 atom stereocenters. The van der Waals surface area contributed by atoms with Gasteiger partial charge in [-0.15, -0.1) is 0 Å². The van der Waals surface area contributed by atoms with Crippen LogP contribution in [-0.2, 0) is 0 Å². The van der Waals surface area contributed by atoms with Gasteiger partial charge >= 0.3 is 6.03 Å². The van der Waals surface area contributed by atoms with Crippen LogP contribution in [0.4, 0.5) is 10.5 Å². The van der Waals surface area contributed by atoms with E-state index in [1.807, 2.05) is 24.3 Å². The maximum atomic E-state index is 12.2. The molecule has 0 spiro atoms. The van der Waals surface area contributed by atoms with E-state index in [1.54, 1.807) is 0 Å². The van der Waals surface area contributed by atoms with Crippen molar-refractivity contribution in [1.29, 1.82) is 0 Å². The van der Waals surface area contributed by atoms with Crippen molar-refractivity contribution < 1.29 is 4.79 Å². The fourth-order valence-corrected chi connectivity index (χ4v) is 2.66. The van der Waals surface area contributed by atoms with Gasteiger partial charge in [-0.2, -0.15) is 0 Å². The second-order valence-corrected chi connectivity index (χ2v) is 6.80. The standard InChI is InChI=1S/C19H23BrN2O/c1-4-18(15-7-5-14(6-8-15)13(2)3)22-19(23)21-17-11-9-16(20)10-12-17/h5-13,18H,4H2,1-3H3,(H2,21,22,23)/t18-/m1/s1. The third-order valence-corrected chi connectivity index (χ3v) is 4.35. The van der Waals surface area contributed by atoms with Gasteiger partial charge in [-0.25, -0.2) is 4.79 Å². The first kappa shape index (κ1) is 17.5. The molecule has 0 aliphatic rings. The fraction of sp³-hybridized carbons (Fsp3) is 0.316. The van der Waals surface area contributed by atoms with E-state index in [9.17, 15) is 4.79 Å². The Morgan fingerprint density at radius 3 is 2.09 bits per heavy atom. The molecule has 2 N–H and O–H groups in total. The van der Waals surface area contributed by atoms with E-state index in [0.29, 0.717) is 5.92 Å². The fourth-order valence-electron chi connectivity index (χ4n) is 2.39. The monoisotopic (exact) mass is 374 g/mol. The number of benzene rings is 2. The molecule has 0 radical (unpaired) electrons. The highest BCUT2D eigenvalue weighted by Crippen LogP contribution is 2.21. The molecule has 0 unspecified atom stereocenters. The van der Waals surface area contributed by atoms with E-state index in [2.05, 4.69) is 71.6 Å². The van der Waals surface area contributed by atoms with Gasteiger partial charge in [0, 0.05) is 10.2 Å². The zero-order chi connectivity index (χ0) is 16.8. The predicted octanol–water partition coefficient (Wildman–Crippen LogP) is 5.85. The van der Waals surface area contributed by atoms with E-state index in [-0.39, 0.29) is 12.1 Å². The van der Waals surface area contributed by atoms with Crippen molar-refractivity contribution in [1.82, 2.24) is 5.32 Å². The van der Waals surface area contributed by atoms with Gasteiger partial charge in [-0.1, -0.05) is 61.0 Å². The molecule has 0 saturated heterocycles. The number of amides is 2. The second kappa shape index (κ2) is 8.16. The molecule has 122 valence electrons. The van der Waals surface area contributed by atoms with Crippen molar-refractivity contribution in [3.05, 3.63) is 64.1 Å². The van der Waals surface area contributed by atoms with Gasteiger partial charge < -0.3 is 10.6 Å². The molecule has 0 aliphatic carbocycles. The lowest BCUT2D eigenvalue weighted by Crippen LogP contribution is -2.32. The Morgan fingerprint density at radius 1 is 1.00 bits per heavy atom. The van der Waals surface area contributed by atoms with Crippen LogP contribution in [0, 0.1) is 0 Å². The number of nitrogens with one attached hydrogen (secondary N) is 2. The molecule has 0 aromatic heterocycles. The number of hydrogen-bond acceptors (Lipinski definition) is 1. The molecule has 2 amide bonds. The van der Waals surface area contributed by atoms with Gasteiger partial charge in [0.15, 0.2) is 0 Å². The Hall–Kier alpha value is -1.81. The smallest absolute Gasteiger partial charge is 0.319 e. The van der Waals surface area contributed by atoms with E-state index < -0.39 is 0 Å². The molecular formula is C19H23BrN2O. The summed E-state index contributed by atoms with van der Waals surface area (Å²) in [6.07, 6.45) is 0.842. The van der Waals surface area contributed by atoms with Crippen molar-refractivity contribution in [2.24, 2.45) is 0 Å². The van der Waals surface area contributed by atoms with Crippen LogP contribution >= 0.6 is 15.9 Å². The lowest BCUT2D eigenvalue weighted by molar-refractivity contribution is 0.248. The Kier molecular flexibility index (Phi) is 6.22. The number of urea groups is 1. The molecule has 0 bridgehead atoms. The summed E-state index contributed by atoms with van der Waals surface area (Å²) in [6.45, 7) is 6.42. The summed E-state index contributed by atoms with van der Waals surface area (Å²) in [5.74, 6) is 0.512. The maximum Gasteiger partial charge on any atom is 0.319 e. The van der Waals surface area contributed by atoms with Crippen LogP contribution in [0.25, 0.3) is 0 Å². The van der Waals surface area contributed by atoms with E-state index in [1.165, 1.54) is 5.56 Å². The first-order valence-electron chi connectivity index (χ1n) is 7.92. The molecule has 0 saturated carbocycles. The molecule has 4 heteroatoms. The molecule has 3 nitrogen and oxygen atoms in total. The molecule has 0 aliphatic heterocycles. The first-order chi connectivity index (χ1) is 11.0. The minimum absolute atomic E-state index is 0.00617. The van der Waals surface area contributed by atoms with Crippen LogP contribution in [0.3, 0.4) is 0 Å². The SMILES string of the molecule is CC[C@@H](NC(=O)Nc1ccc(Br)cc1)c1ccc(C(C)C)cc1. The average Bonchev–Trinajstić information content (AvgIpc) is 2.55. The van der Waals surface area contributed by atoms with Gasteiger partial charge in [0.2, 0.25) is 0 Å². The number of anilines is 1. The molecule has 2 aromatic rings. The maximum absolute atomic E-state index is 12.2. The van der Waals surface area contributed by atoms with Crippen LogP contribution in [0.1, 0.15) is 50.3 Å². The van der Waals surface area contributed by atoms with E-state index in [4.69, 9.17) is 0 Å². The number of halogens is 1. The Morgan fingerprint density at radius 2 is 1.57 bits per heavy atom. The van der Waals surface area contributed by atoms with Gasteiger partial charge in [0.05, 0.1) is 6.04 Å². The van der Waals surface area contributed by atoms with Gasteiger partial charge in [0.25, 0.3) is 0 Å². The third-order valence-electron chi connectivity index (χ3n) is 3.82. The highest BCUT2D eigenvalue weighted by atomic mass is 79.9. The Bertz CT molecular complexity index is 635. The largest absolute Gasteiger partial charge is 0.331 e. The van der Waals surface area contributed by atoms with Crippen molar-refractivity contribution in [3.63, 3.8) is 0 Å².